The van der Waals surface area contributed by atoms with Crippen LogP contribution >= 0.6 is 0 Å². The number of aliphatic hydroxyl groups is 1. The summed E-state index contributed by atoms with van der Waals surface area (Å²) in [7, 11) is 0. The molecule has 18 heavy (non-hydrogen) atoms. The van der Waals surface area contributed by atoms with E-state index in [9.17, 15) is 0 Å². The molecule has 1 aromatic heterocycles. The van der Waals surface area contributed by atoms with E-state index in [4.69, 9.17) is 5.11 Å². The first kappa shape index (κ1) is 12.5. The van der Waals surface area contributed by atoms with E-state index >= 15 is 0 Å². The van der Waals surface area contributed by atoms with E-state index in [2.05, 4.69) is 46.5 Å². The first-order valence-electron chi connectivity index (χ1n) is 6.09. The summed E-state index contributed by atoms with van der Waals surface area (Å²) in [6, 6.07) is 8.40. The first-order chi connectivity index (χ1) is 8.83. The molecule has 94 valence electrons. The minimum atomic E-state index is 0.0730. The van der Waals surface area contributed by atoms with Gasteiger partial charge in [-0.15, -0.1) is 0 Å². The van der Waals surface area contributed by atoms with Crippen molar-refractivity contribution < 1.29 is 5.11 Å². The molecule has 4 nitrogen and oxygen atoms in total. The quantitative estimate of drug-likeness (QED) is 0.844. The summed E-state index contributed by atoms with van der Waals surface area (Å²) in [5, 5.41) is 11.6. The molecule has 0 radical (unpaired) electrons. The number of anilines is 1. The smallest absolute Gasteiger partial charge is 0.222 e. The maximum atomic E-state index is 8.69. The number of aromatic nitrogens is 2. The van der Waals surface area contributed by atoms with Crippen molar-refractivity contribution in [2.45, 2.75) is 13.3 Å². The summed E-state index contributed by atoms with van der Waals surface area (Å²) in [5.74, 6) is 0.540. The van der Waals surface area contributed by atoms with Crippen molar-refractivity contribution in [1.82, 2.24) is 9.97 Å². The van der Waals surface area contributed by atoms with Gasteiger partial charge in [-0.1, -0.05) is 31.2 Å². The first-order valence-corrected chi connectivity index (χ1v) is 6.09. The Hall–Kier alpha value is -1.94. The Bertz CT molecular complexity index is 479. The minimum absolute atomic E-state index is 0.0730. The fourth-order valence-electron chi connectivity index (χ4n) is 1.67. The number of benzene rings is 1. The summed E-state index contributed by atoms with van der Waals surface area (Å²) in [6.07, 6.45) is 4.61. The van der Waals surface area contributed by atoms with Crippen LogP contribution in [0.4, 0.5) is 5.95 Å². The zero-order chi connectivity index (χ0) is 12.8. The fraction of sp³-hybridized carbons (Fsp3) is 0.286. The second-order valence-corrected chi connectivity index (χ2v) is 4.00. The lowest BCUT2D eigenvalue weighted by Gasteiger charge is -2.05. The van der Waals surface area contributed by atoms with E-state index in [0.29, 0.717) is 12.5 Å². The molecule has 0 aliphatic heterocycles. The van der Waals surface area contributed by atoms with E-state index < -0.39 is 0 Å². The van der Waals surface area contributed by atoms with Crippen molar-refractivity contribution in [2.75, 3.05) is 18.5 Å². The van der Waals surface area contributed by atoms with Crippen LogP contribution in [-0.2, 0) is 6.42 Å². The van der Waals surface area contributed by atoms with Gasteiger partial charge in [0.2, 0.25) is 5.95 Å². The number of rotatable bonds is 5. The van der Waals surface area contributed by atoms with Gasteiger partial charge in [-0.3, -0.25) is 0 Å². The largest absolute Gasteiger partial charge is 0.395 e. The molecule has 0 aliphatic carbocycles. The molecule has 0 saturated carbocycles. The van der Waals surface area contributed by atoms with Crippen LogP contribution < -0.4 is 5.32 Å². The molecular formula is C14H17N3O. The molecule has 0 atom stereocenters. The van der Waals surface area contributed by atoms with E-state index in [1.54, 1.807) is 12.4 Å². The Morgan fingerprint density at radius 2 is 1.72 bits per heavy atom. The summed E-state index contributed by atoms with van der Waals surface area (Å²) in [5.41, 5.74) is 3.43. The monoisotopic (exact) mass is 243 g/mol. The molecule has 0 aliphatic rings. The van der Waals surface area contributed by atoms with E-state index in [1.165, 1.54) is 5.56 Å². The molecule has 0 unspecified atom stereocenters. The third kappa shape index (κ3) is 3.05. The maximum Gasteiger partial charge on any atom is 0.222 e. The number of nitrogens with one attached hydrogen (secondary N) is 1. The lowest BCUT2D eigenvalue weighted by Crippen LogP contribution is -2.08. The van der Waals surface area contributed by atoms with Crippen molar-refractivity contribution in [3.05, 3.63) is 42.2 Å². The number of hydrogen-bond donors (Lipinski definition) is 2. The lowest BCUT2D eigenvalue weighted by molar-refractivity contribution is 0.311. The molecular weight excluding hydrogens is 226 g/mol. The van der Waals surface area contributed by atoms with Crippen LogP contribution in [0.1, 0.15) is 12.5 Å². The average Bonchev–Trinajstić information content (AvgIpc) is 2.46. The van der Waals surface area contributed by atoms with Gasteiger partial charge in [0.1, 0.15) is 0 Å². The Morgan fingerprint density at radius 3 is 2.28 bits per heavy atom. The van der Waals surface area contributed by atoms with Crippen LogP contribution in [0.2, 0.25) is 0 Å². The molecule has 2 rings (SSSR count). The normalized spacial score (nSPS) is 10.3. The average molecular weight is 243 g/mol. The Kier molecular flexibility index (Phi) is 4.25. The summed E-state index contributed by atoms with van der Waals surface area (Å²) in [4.78, 5) is 8.40. The van der Waals surface area contributed by atoms with Crippen LogP contribution in [0, 0.1) is 0 Å². The van der Waals surface area contributed by atoms with Crippen LogP contribution in [0.3, 0.4) is 0 Å². The van der Waals surface area contributed by atoms with Gasteiger partial charge in [-0.2, -0.15) is 0 Å². The highest BCUT2D eigenvalue weighted by Crippen LogP contribution is 2.18. The van der Waals surface area contributed by atoms with Crippen molar-refractivity contribution in [1.29, 1.82) is 0 Å². The molecule has 0 amide bonds. The van der Waals surface area contributed by atoms with Gasteiger partial charge < -0.3 is 10.4 Å². The van der Waals surface area contributed by atoms with Crippen molar-refractivity contribution >= 4 is 5.95 Å². The molecule has 1 heterocycles. The van der Waals surface area contributed by atoms with E-state index in [1.807, 2.05) is 0 Å². The predicted octanol–water partition coefficient (Wildman–Crippen LogP) is 2.11. The number of hydrogen-bond acceptors (Lipinski definition) is 4. The zero-order valence-corrected chi connectivity index (χ0v) is 10.4. The van der Waals surface area contributed by atoms with Gasteiger partial charge in [0.05, 0.1) is 6.61 Å². The minimum Gasteiger partial charge on any atom is -0.395 e. The van der Waals surface area contributed by atoms with Crippen LogP contribution in [0.5, 0.6) is 0 Å². The molecule has 2 N–H and O–H groups in total. The molecule has 0 bridgehead atoms. The topological polar surface area (TPSA) is 58.0 Å². The molecule has 0 fully saturated rings. The Morgan fingerprint density at radius 1 is 1.06 bits per heavy atom. The van der Waals surface area contributed by atoms with Gasteiger partial charge in [0.25, 0.3) is 0 Å². The zero-order valence-electron chi connectivity index (χ0n) is 10.4. The third-order valence-electron chi connectivity index (χ3n) is 2.74. The van der Waals surface area contributed by atoms with E-state index in [0.717, 1.165) is 17.5 Å². The summed E-state index contributed by atoms with van der Waals surface area (Å²) < 4.78 is 0. The summed E-state index contributed by atoms with van der Waals surface area (Å²) >= 11 is 0. The van der Waals surface area contributed by atoms with Gasteiger partial charge >= 0.3 is 0 Å². The van der Waals surface area contributed by atoms with Gasteiger partial charge in [-0.25, -0.2) is 9.97 Å². The maximum absolute atomic E-state index is 8.69. The molecule has 1 aromatic carbocycles. The standard InChI is InChI=1S/C14H17N3O/c1-2-11-3-5-12(6-4-11)13-9-16-14(17-10-13)15-7-8-18/h3-6,9-10,18H,2,7-8H2,1H3,(H,15,16,17). The highest BCUT2D eigenvalue weighted by atomic mass is 16.3. The van der Waals surface area contributed by atoms with E-state index in [-0.39, 0.29) is 6.61 Å². The summed E-state index contributed by atoms with van der Waals surface area (Å²) in [6.45, 7) is 2.67. The van der Waals surface area contributed by atoms with Gasteiger partial charge in [0, 0.05) is 24.5 Å². The van der Waals surface area contributed by atoms with Crippen molar-refractivity contribution in [2.24, 2.45) is 0 Å². The molecule has 0 spiro atoms. The highest BCUT2D eigenvalue weighted by molar-refractivity contribution is 5.62. The second-order valence-electron chi connectivity index (χ2n) is 4.00. The second kappa shape index (κ2) is 6.12. The van der Waals surface area contributed by atoms with Gasteiger partial charge in [-0.05, 0) is 17.5 Å². The van der Waals surface area contributed by atoms with Crippen LogP contribution in [-0.4, -0.2) is 28.2 Å². The highest BCUT2D eigenvalue weighted by Gasteiger charge is 2.00. The van der Waals surface area contributed by atoms with Crippen molar-refractivity contribution in [3.63, 3.8) is 0 Å². The predicted molar refractivity (Wildman–Crippen MR) is 72.4 cm³/mol. The number of nitrogens with zero attached hydrogens (tertiary/aromatic N) is 2. The molecule has 4 heteroatoms. The molecule has 0 saturated heterocycles. The van der Waals surface area contributed by atoms with Gasteiger partial charge in [0.15, 0.2) is 0 Å². The number of aliphatic hydroxyl groups excluding tert-OH is 1. The Balaban J connectivity index is 2.12. The lowest BCUT2D eigenvalue weighted by atomic mass is 10.1. The van der Waals surface area contributed by atoms with Crippen molar-refractivity contribution in [3.8, 4) is 11.1 Å². The Labute approximate surface area is 107 Å². The fourth-order valence-corrected chi connectivity index (χ4v) is 1.67. The SMILES string of the molecule is CCc1ccc(-c2cnc(NCCO)nc2)cc1. The number of aryl methyl sites for hydroxylation is 1. The van der Waals surface area contributed by atoms with Crippen LogP contribution in [0.25, 0.3) is 11.1 Å². The third-order valence-corrected chi connectivity index (χ3v) is 2.74. The van der Waals surface area contributed by atoms with Crippen LogP contribution in [0.15, 0.2) is 36.7 Å². The molecule has 2 aromatic rings.